The maximum absolute atomic E-state index is 13.2. The highest BCUT2D eigenvalue weighted by Gasteiger charge is 2.40. The minimum Gasteiger partial charge on any atom is -0.492 e. The fraction of sp³-hybridized carbons (Fsp3) is 0.619. The highest BCUT2D eigenvalue weighted by atomic mass is 32.2. The first-order chi connectivity index (χ1) is 14.3. The van der Waals surface area contributed by atoms with E-state index in [1.165, 1.54) is 17.3 Å². The Bertz CT molecular complexity index is 888. The second kappa shape index (κ2) is 9.34. The first kappa shape index (κ1) is 22.6. The largest absolute Gasteiger partial charge is 0.492 e. The number of anilines is 1. The van der Waals surface area contributed by atoms with E-state index < -0.39 is 15.6 Å². The Morgan fingerprint density at radius 1 is 1.10 bits per heavy atom. The van der Waals surface area contributed by atoms with Crippen molar-refractivity contribution >= 4 is 27.5 Å². The Kier molecular flexibility index (Phi) is 7.02. The van der Waals surface area contributed by atoms with Gasteiger partial charge in [-0.15, -0.1) is 0 Å². The molecule has 3 rings (SSSR count). The van der Waals surface area contributed by atoms with Crippen molar-refractivity contribution in [2.45, 2.75) is 69.2 Å². The summed E-state index contributed by atoms with van der Waals surface area (Å²) in [5.74, 6) is -0.293. The van der Waals surface area contributed by atoms with Crippen LogP contribution < -0.4 is 15.4 Å². The SMILES string of the molecule is CCOc1ccc(NC(=O)C2(NC(C)=O)CCCCC2)cc1S(=O)(=O)N1CCCC1. The normalized spacial score (nSPS) is 19.3. The van der Waals surface area contributed by atoms with Gasteiger partial charge in [-0.05, 0) is 50.8 Å². The average Bonchev–Trinajstić information content (AvgIpc) is 3.25. The first-order valence-corrected chi connectivity index (χ1v) is 12.1. The quantitative estimate of drug-likeness (QED) is 0.682. The molecule has 1 aromatic carbocycles. The molecule has 30 heavy (non-hydrogen) atoms. The van der Waals surface area contributed by atoms with Crippen molar-refractivity contribution in [3.63, 3.8) is 0 Å². The van der Waals surface area contributed by atoms with Crippen molar-refractivity contribution in [3.05, 3.63) is 18.2 Å². The molecule has 2 aliphatic rings. The van der Waals surface area contributed by atoms with Crippen LogP contribution in [0.3, 0.4) is 0 Å². The third kappa shape index (κ3) is 4.78. The summed E-state index contributed by atoms with van der Waals surface area (Å²) in [7, 11) is -3.72. The molecule has 2 amide bonds. The van der Waals surface area contributed by atoms with Gasteiger partial charge in [0, 0.05) is 25.7 Å². The van der Waals surface area contributed by atoms with Crippen LogP contribution in [0.15, 0.2) is 23.1 Å². The van der Waals surface area contributed by atoms with Gasteiger partial charge in [0.2, 0.25) is 21.8 Å². The Labute approximate surface area is 178 Å². The molecule has 166 valence electrons. The molecule has 1 heterocycles. The third-order valence-electron chi connectivity index (χ3n) is 5.74. The zero-order valence-corrected chi connectivity index (χ0v) is 18.5. The maximum Gasteiger partial charge on any atom is 0.250 e. The minimum atomic E-state index is -3.72. The van der Waals surface area contributed by atoms with E-state index in [2.05, 4.69) is 10.6 Å². The summed E-state index contributed by atoms with van der Waals surface area (Å²) in [6, 6.07) is 4.67. The Morgan fingerprint density at radius 2 is 1.77 bits per heavy atom. The fourth-order valence-corrected chi connectivity index (χ4v) is 5.96. The molecule has 2 fully saturated rings. The van der Waals surface area contributed by atoms with Crippen molar-refractivity contribution in [3.8, 4) is 5.75 Å². The van der Waals surface area contributed by atoms with E-state index in [0.29, 0.717) is 38.2 Å². The summed E-state index contributed by atoms with van der Waals surface area (Å²) < 4.78 is 33.3. The monoisotopic (exact) mass is 437 g/mol. The summed E-state index contributed by atoms with van der Waals surface area (Å²) in [6.07, 6.45) is 5.52. The number of amides is 2. The number of hydrogen-bond acceptors (Lipinski definition) is 5. The van der Waals surface area contributed by atoms with E-state index in [4.69, 9.17) is 4.74 Å². The number of hydrogen-bond donors (Lipinski definition) is 2. The predicted octanol–water partition coefficient (Wildman–Crippen LogP) is 2.65. The van der Waals surface area contributed by atoms with Crippen LogP contribution in [0.1, 0.15) is 58.8 Å². The Morgan fingerprint density at radius 3 is 2.37 bits per heavy atom. The number of nitrogens with zero attached hydrogens (tertiary/aromatic N) is 1. The Balaban J connectivity index is 1.90. The van der Waals surface area contributed by atoms with Crippen molar-refractivity contribution in [1.29, 1.82) is 0 Å². The summed E-state index contributed by atoms with van der Waals surface area (Å²) in [4.78, 5) is 24.9. The van der Waals surface area contributed by atoms with Gasteiger partial charge >= 0.3 is 0 Å². The van der Waals surface area contributed by atoms with Crippen LogP contribution in [0.2, 0.25) is 0 Å². The minimum absolute atomic E-state index is 0.0567. The Hall–Kier alpha value is -2.13. The smallest absolute Gasteiger partial charge is 0.250 e. The molecule has 1 aliphatic carbocycles. The van der Waals surface area contributed by atoms with Gasteiger partial charge in [0.1, 0.15) is 16.2 Å². The topological polar surface area (TPSA) is 105 Å². The van der Waals surface area contributed by atoms with Gasteiger partial charge in [-0.1, -0.05) is 19.3 Å². The maximum atomic E-state index is 13.2. The number of nitrogens with one attached hydrogen (secondary N) is 2. The van der Waals surface area contributed by atoms with Crippen molar-refractivity contribution in [2.24, 2.45) is 0 Å². The molecule has 1 aliphatic heterocycles. The average molecular weight is 438 g/mol. The van der Waals surface area contributed by atoms with Gasteiger partial charge in [-0.3, -0.25) is 9.59 Å². The van der Waals surface area contributed by atoms with Gasteiger partial charge in [-0.2, -0.15) is 4.31 Å². The lowest BCUT2D eigenvalue weighted by atomic mass is 9.80. The summed E-state index contributed by atoms with van der Waals surface area (Å²) in [6.45, 7) is 4.50. The second-order valence-electron chi connectivity index (χ2n) is 7.98. The zero-order valence-electron chi connectivity index (χ0n) is 17.7. The molecule has 1 saturated carbocycles. The molecule has 0 unspecified atom stereocenters. The lowest BCUT2D eigenvalue weighted by Crippen LogP contribution is -2.57. The molecule has 0 spiro atoms. The number of carbonyl (C=O) groups excluding carboxylic acids is 2. The molecule has 1 saturated heterocycles. The molecule has 1 aromatic rings. The predicted molar refractivity (Wildman–Crippen MR) is 114 cm³/mol. The number of carbonyl (C=O) groups is 2. The molecular weight excluding hydrogens is 406 g/mol. The zero-order chi connectivity index (χ0) is 21.8. The summed E-state index contributed by atoms with van der Waals surface area (Å²) in [5.41, 5.74) is -0.590. The van der Waals surface area contributed by atoms with E-state index in [1.807, 2.05) is 0 Å². The van der Waals surface area contributed by atoms with Crippen LogP contribution in [0, 0.1) is 0 Å². The molecule has 0 bridgehead atoms. The second-order valence-corrected chi connectivity index (χ2v) is 9.89. The van der Waals surface area contributed by atoms with Gasteiger partial charge in [0.25, 0.3) is 0 Å². The van der Waals surface area contributed by atoms with Crippen LogP contribution in [-0.4, -0.2) is 49.8 Å². The molecule has 0 radical (unpaired) electrons. The van der Waals surface area contributed by atoms with Gasteiger partial charge in [-0.25, -0.2) is 8.42 Å². The number of ether oxygens (including phenoxy) is 1. The van der Waals surface area contributed by atoms with E-state index in [9.17, 15) is 18.0 Å². The lowest BCUT2D eigenvalue weighted by Gasteiger charge is -2.36. The standard InChI is InChI=1S/C21H31N3O5S/c1-3-29-18-10-9-17(15-19(18)30(27,28)24-13-7-8-14-24)22-20(26)21(23-16(2)25)11-5-4-6-12-21/h9-10,15H,3-8,11-14H2,1-2H3,(H,22,26)(H,23,25). The highest BCUT2D eigenvalue weighted by molar-refractivity contribution is 7.89. The molecular formula is C21H31N3O5S. The van der Waals surface area contributed by atoms with Crippen LogP contribution >= 0.6 is 0 Å². The number of benzene rings is 1. The number of sulfonamides is 1. The van der Waals surface area contributed by atoms with Crippen LogP contribution in [0.5, 0.6) is 5.75 Å². The van der Waals surface area contributed by atoms with E-state index >= 15 is 0 Å². The van der Waals surface area contributed by atoms with Crippen LogP contribution in [0.25, 0.3) is 0 Å². The molecule has 2 N–H and O–H groups in total. The van der Waals surface area contributed by atoms with Crippen molar-refractivity contribution < 1.29 is 22.7 Å². The molecule has 0 aromatic heterocycles. The van der Waals surface area contributed by atoms with E-state index in [0.717, 1.165) is 32.1 Å². The molecule has 8 nitrogen and oxygen atoms in total. The lowest BCUT2D eigenvalue weighted by molar-refractivity contribution is -0.130. The van der Waals surface area contributed by atoms with Crippen LogP contribution in [0.4, 0.5) is 5.69 Å². The van der Waals surface area contributed by atoms with Crippen LogP contribution in [-0.2, 0) is 19.6 Å². The van der Waals surface area contributed by atoms with Crippen molar-refractivity contribution in [1.82, 2.24) is 9.62 Å². The number of rotatable bonds is 7. The van der Waals surface area contributed by atoms with Gasteiger partial charge in [0.15, 0.2) is 0 Å². The van der Waals surface area contributed by atoms with Gasteiger partial charge < -0.3 is 15.4 Å². The fourth-order valence-electron chi connectivity index (χ4n) is 4.28. The molecule has 0 atom stereocenters. The first-order valence-electron chi connectivity index (χ1n) is 10.7. The van der Waals surface area contributed by atoms with Gasteiger partial charge in [0.05, 0.1) is 6.61 Å². The highest BCUT2D eigenvalue weighted by Crippen LogP contribution is 2.33. The summed E-state index contributed by atoms with van der Waals surface area (Å²) >= 11 is 0. The molecule has 9 heteroatoms. The van der Waals surface area contributed by atoms with E-state index in [-0.39, 0.29) is 22.5 Å². The summed E-state index contributed by atoms with van der Waals surface area (Å²) in [5, 5.41) is 5.67. The van der Waals surface area contributed by atoms with Crippen molar-refractivity contribution in [2.75, 3.05) is 25.0 Å². The van der Waals surface area contributed by atoms with E-state index in [1.54, 1.807) is 19.1 Å². The third-order valence-corrected chi connectivity index (χ3v) is 7.66.